The van der Waals surface area contributed by atoms with Gasteiger partial charge in [-0.25, -0.2) is 0 Å². The first kappa shape index (κ1) is 19.4. The lowest BCUT2D eigenvalue weighted by Gasteiger charge is -2.38. The quantitative estimate of drug-likeness (QED) is 0.770. The molecule has 2 aromatic rings. The van der Waals surface area contributed by atoms with E-state index in [9.17, 15) is 9.59 Å². The van der Waals surface area contributed by atoms with Crippen molar-refractivity contribution in [2.75, 3.05) is 16.8 Å². The van der Waals surface area contributed by atoms with Gasteiger partial charge in [0.05, 0.1) is 11.4 Å². The van der Waals surface area contributed by atoms with Crippen LogP contribution in [-0.4, -0.2) is 24.0 Å². The second-order valence-electron chi connectivity index (χ2n) is 7.32. The average molecular weight is 431 g/mol. The monoisotopic (exact) mass is 430 g/mol. The van der Waals surface area contributed by atoms with Gasteiger partial charge in [-0.05, 0) is 79.0 Å². The van der Waals surface area contributed by atoms with E-state index in [0.29, 0.717) is 11.4 Å². The summed E-state index contributed by atoms with van der Waals surface area (Å²) in [5.41, 5.74) is 2.61. The number of rotatable bonds is 4. The van der Waals surface area contributed by atoms with Crippen LogP contribution in [0.3, 0.4) is 0 Å². The van der Waals surface area contributed by atoms with Gasteiger partial charge in [-0.15, -0.1) is 0 Å². The van der Waals surface area contributed by atoms with Gasteiger partial charge in [0.1, 0.15) is 5.75 Å². The van der Waals surface area contributed by atoms with E-state index in [4.69, 9.17) is 4.74 Å². The van der Waals surface area contributed by atoms with Crippen LogP contribution in [0.5, 0.6) is 5.75 Å². The molecule has 1 aliphatic heterocycles. The van der Waals surface area contributed by atoms with Crippen LogP contribution in [0.15, 0.2) is 40.9 Å². The van der Waals surface area contributed by atoms with Crippen LogP contribution in [0.2, 0.25) is 0 Å². The van der Waals surface area contributed by atoms with Crippen LogP contribution in [-0.2, 0) is 9.59 Å². The lowest BCUT2D eigenvalue weighted by Crippen LogP contribution is -2.53. The summed E-state index contributed by atoms with van der Waals surface area (Å²) in [6.45, 7) is 7.73. The highest BCUT2D eigenvalue weighted by molar-refractivity contribution is 9.10. The maximum atomic E-state index is 12.8. The summed E-state index contributed by atoms with van der Waals surface area (Å²) in [4.78, 5) is 26.9. The molecule has 3 rings (SSSR count). The number of amides is 2. The molecule has 2 aromatic carbocycles. The van der Waals surface area contributed by atoms with Crippen molar-refractivity contribution in [3.63, 3.8) is 0 Å². The number of carbonyl (C=O) groups is 2. The minimum Gasteiger partial charge on any atom is -0.476 e. The number of hydrogen-bond acceptors (Lipinski definition) is 3. The third-order valence-corrected chi connectivity index (χ3v) is 5.15. The number of hydrogen-bond donors (Lipinski definition) is 1. The van der Waals surface area contributed by atoms with Gasteiger partial charge in [-0.2, -0.15) is 0 Å². The van der Waals surface area contributed by atoms with Crippen LogP contribution < -0.4 is 15.0 Å². The summed E-state index contributed by atoms with van der Waals surface area (Å²) in [5, 5.41) is 2.89. The van der Waals surface area contributed by atoms with E-state index in [1.807, 2.05) is 50.2 Å². The Kier molecular flexibility index (Phi) is 5.29. The van der Waals surface area contributed by atoms with Crippen molar-refractivity contribution >= 4 is 39.1 Å². The number of benzene rings is 2. The molecule has 0 aliphatic carbocycles. The maximum absolute atomic E-state index is 12.8. The van der Waals surface area contributed by atoms with Crippen molar-refractivity contribution in [2.24, 2.45) is 0 Å². The molecule has 1 N–H and O–H groups in total. The van der Waals surface area contributed by atoms with E-state index in [1.165, 1.54) is 0 Å². The first-order chi connectivity index (χ1) is 12.7. The minimum absolute atomic E-state index is 0.147. The Morgan fingerprint density at radius 1 is 1.15 bits per heavy atom. The highest BCUT2D eigenvalue weighted by Gasteiger charge is 2.40. The number of aryl methyl sites for hydroxylation is 2. The summed E-state index contributed by atoms with van der Waals surface area (Å²) in [7, 11) is 0. The van der Waals surface area contributed by atoms with Gasteiger partial charge in [0.25, 0.3) is 5.91 Å². The normalized spacial score (nSPS) is 15.1. The molecule has 142 valence electrons. The molecule has 1 aliphatic rings. The molecule has 6 heteroatoms. The second kappa shape index (κ2) is 7.35. The fraction of sp³-hybridized carbons (Fsp3) is 0.333. The lowest BCUT2D eigenvalue weighted by atomic mass is 10.0. The molecular weight excluding hydrogens is 408 g/mol. The van der Waals surface area contributed by atoms with Gasteiger partial charge >= 0.3 is 0 Å². The second-order valence-corrected chi connectivity index (χ2v) is 8.18. The number of anilines is 2. The van der Waals surface area contributed by atoms with Gasteiger partial charge in [0.15, 0.2) is 5.60 Å². The fourth-order valence-corrected chi connectivity index (χ4v) is 3.64. The van der Waals surface area contributed by atoms with Crippen molar-refractivity contribution in [3.05, 3.63) is 52.0 Å². The topological polar surface area (TPSA) is 58.6 Å². The zero-order valence-corrected chi connectivity index (χ0v) is 17.5. The van der Waals surface area contributed by atoms with E-state index in [2.05, 4.69) is 21.2 Å². The molecule has 1 heterocycles. The van der Waals surface area contributed by atoms with Crippen LogP contribution in [0.25, 0.3) is 0 Å². The molecule has 0 radical (unpaired) electrons. The van der Waals surface area contributed by atoms with Crippen LogP contribution in [0, 0.1) is 13.8 Å². The molecule has 0 saturated carbocycles. The van der Waals surface area contributed by atoms with Gasteiger partial charge in [0.2, 0.25) is 5.91 Å². The zero-order chi connectivity index (χ0) is 19.8. The predicted molar refractivity (Wildman–Crippen MR) is 110 cm³/mol. The van der Waals surface area contributed by atoms with E-state index in [-0.39, 0.29) is 24.8 Å². The van der Waals surface area contributed by atoms with Crippen LogP contribution in [0.1, 0.15) is 31.4 Å². The molecule has 2 amide bonds. The fourth-order valence-electron chi connectivity index (χ4n) is 3.05. The minimum atomic E-state index is -0.960. The molecular formula is C21H23BrN2O3. The number of nitrogens with one attached hydrogen (secondary N) is 1. The number of halogens is 1. The van der Waals surface area contributed by atoms with Gasteiger partial charge in [0, 0.05) is 17.4 Å². The van der Waals surface area contributed by atoms with E-state index < -0.39 is 5.60 Å². The summed E-state index contributed by atoms with van der Waals surface area (Å²) in [6.07, 6.45) is 0.190. The molecule has 0 spiro atoms. The third-order valence-electron chi connectivity index (χ3n) is 4.49. The number of ether oxygens (including phenoxy) is 1. The van der Waals surface area contributed by atoms with Crippen molar-refractivity contribution in [3.8, 4) is 5.75 Å². The van der Waals surface area contributed by atoms with Gasteiger partial charge < -0.3 is 15.0 Å². The molecule has 0 aromatic heterocycles. The standard InChI is InChI=1S/C21H23BrN2O3/c1-13-5-7-16(15(22)11-13)23-19(25)9-10-24-17-12-14(2)6-8-18(17)27-21(3,4)20(24)26/h5-8,11-12H,9-10H2,1-4H3,(H,23,25). The number of nitrogens with zero attached hydrogens (tertiary/aromatic N) is 1. The van der Waals surface area contributed by atoms with E-state index >= 15 is 0 Å². The molecule has 5 nitrogen and oxygen atoms in total. The summed E-state index contributed by atoms with van der Waals surface area (Å²) >= 11 is 3.46. The van der Waals surface area contributed by atoms with Crippen molar-refractivity contribution in [1.29, 1.82) is 0 Å². The number of fused-ring (bicyclic) bond motifs is 1. The Labute approximate surface area is 167 Å². The molecule has 27 heavy (non-hydrogen) atoms. The molecule has 0 atom stereocenters. The molecule has 0 saturated heterocycles. The Balaban J connectivity index is 1.75. The van der Waals surface area contributed by atoms with Gasteiger partial charge in [-0.3, -0.25) is 9.59 Å². The van der Waals surface area contributed by atoms with Crippen LogP contribution >= 0.6 is 15.9 Å². The predicted octanol–water partition coefficient (Wildman–Crippen LogP) is 4.60. The highest BCUT2D eigenvalue weighted by Crippen LogP contribution is 2.38. The third kappa shape index (κ3) is 4.16. The van der Waals surface area contributed by atoms with Crippen LogP contribution in [0.4, 0.5) is 11.4 Å². The first-order valence-corrected chi connectivity index (χ1v) is 9.64. The average Bonchev–Trinajstić information content (AvgIpc) is 2.58. The molecule has 0 unspecified atom stereocenters. The van der Waals surface area contributed by atoms with E-state index in [0.717, 1.165) is 21.3 Å². The SMILES string of the molecule is Cc1ccc(NC(=O)CCN2C(=O)C(C)(C)Oc3ccc(C)cc32)c(Br)c1. The molecule has 0 fully saturated rings. The maximum Gasteiger partial charge on any atom is 0.270 e. The first-order valence-electron chi connectivity index (χ1n) is 8.85. The Morgan fingerprint density at radius 3 is 2.52 bits per heavy atom. The molecule has 0 bridgehead atoms. The highest BCUT2D eigenvalue weighted by atomic mass is 79.9. The summed E-state index contributed by atoms with van der Waals surface area (Å²) < 4.78 is 6.68. The van der Waals surface area contributed by atoms with Crippen molar-refractivity contribution in [2.45, 2.75) is 39.7 Å². The zero-order valence-electron chi connectivity index (χ0n) is 15.9. The van der Waals surface area contributed by atoms with Crippen molar-refractivity contribution < 1.29 is 14.3 Å². The number of carbonyl (C=O) groups excluding carboxylic acids is 2. The largest absolute Gasteiger partial charge is 0.476 e. The summed E-state index contributed by atoms with van der Waals surface area (Å²) in [6, 6.07) is 11.5. The Hall–Kier alpha value is -2.34. The Bertz CT molecular complexity index is 908. The van der Waals surface area contributed by atoms with Crippen molar-refractivity contribution in [1.82, 2.24) is 0 Å². The lowest BCUT2D eigenvalue weighted by molar-refractivity contribution is -0.132. The summed E-state index contributed by atoms with van der Waals surface area (Å²) in [5.74, 6) is 0.364. The van der Waals surface area contributed by atoms with E-state index in [1.54, 1.807) is 18.7 Å². The smallest absolute Gasteiger partial charge is 0.270 e. The Morgan fingerprint density at radius 2 is 1.81 bits per heavy atom. The van der Waals surface area contributed by atoms with Gasteiger partial charge in [-0.1, -0.05) is 12.1 Å².